The first-order chi connectivity index (χ1) is 32.7. The van der Waals surface area contributed by atoms with Gasteiger partial charge in [-0.3, -0.25) is 9.59 Å². The minimum atomic E-state index is -1.58. The number of hydrogen-bond donors (Lipinski definition) is 6. The molecule has 7 atom stereocenters. The van der Waals surface area contributed by atoms with Gasteiger partial charge in [0.05, 0.1) is 32.0 Å². The third-order valence-corrected chi connectivity index (χ3v) is 12.7. The maximum atomic E-state index is 13.0. The van der Waals surface area contributed by atoms with E-state index in [1.807, 2.05) is 6.08 Å². The number of carbonyl (C=O) groups excluding carboxylic acids is 2. The lowest BCUT2D eigenvalue weighted by atomic mass is 9.99. The Labute approximate surface area is 408 Å². The Morgan fingerprint density at radius 1 is 0.552 bits per heavy atom. The molecule has 1 rings (SSSR count). The number of amides is 1. The smallest absolute Gasteiger partial charge is 0.305 e. The summed E-state index contributed by atoms with van der Waals surface area (Å²) in [5.41, 5.74) is 0. The fraction of sp³-hybridized carbons (Fsp3) is 0.821. The molecule has 0 aliphatic carbocycles. The van der Waals surface area contributed by atoms with Crippen LogP contribution in [0.4, 0.5) is 0 Å². The van der Waals surface area contributed by atoms with Gasteiger partial charge in [0.15, 0.2) is 6.29 Å². The van der Waals surface area contributed by atoms with Crippen molar-refractivity contribution in [3.05, 3.63) is 48.6 Å². The van der Waals surface area contributed by atoms with Crippen LogP contribution in [0.5, 0.6) is 0 Å². The molecular weight excluding hydrogens is 847 g/mol. The molecule has 0 bridgehead atoms. The van der Waals surface area contributed by atoms with E-state index in [1.54, 1.807) is 6.08 Å². The van der Waals surface area contributed by atoms with E-state index in [0.717, 1.165) is 103 Å². The quantitative estimate of drug-likeness (QED) is 0.0149. The van der Waals surface area contributed by atoms with Crippen LogP contribution in [0.1, 0.15) is 232 Å². The number of hydrogen-bond acceptors (Lipinski definition) is 10. The highest BCUT2D eigenvalue weighted by atomic mass is 16.7. The zero-order valence-corrected chi connectivity index (χ0v) is 42.6. The van der Waals surface area contributed by atoms with Crippen molar-refractivity contribution in [1.29, 1.82) is 0 Å². The second kappa shape index (κ2) is 46.0. The predicted octanol–water partition coefficient (Wildman–Crippen LogP) is 11.7. The number of aliphatic hydroxyl groups excluding tert-OH is 5. The van der Waals surface area contributed by atoms with Crippen LogP contribution in [0.15, 0.2) is 48.6 Å². The molecule has 390 valence electrons. The maximum absolute atomic E-state index is 13.0. The van der Waals surface area contributed by atoms with Crippen LogP contribution in [0.3, 0.4) is 0 Å². The van der Waals surface area contributed by atoms with Gasteiger partial charge in [0.25, 0.3) is 0 Å². The number of unbranched alkanes of at least 4 members (excludes halogenated alkanes) is 27. The fourth-order valence-corrected chi connectivity index (χ4v) is 8.24. The van der Waals surface area contributed by atoms with Gasteiger partial charge in [0, 0.05) is 12.8 Å². The summed E-state index contributed by atoms with van der Waals surface area (Å²) in [4.78, 5) is 25.0. The van der Waals surface area contributed by atoms with Gasteiger partial charge in [-0.2, -0.15) is 0 Å². The SMILES string of the molecule is CCCCCCCC/C=C\CCCCCCCC(=O)OCCCCC/C=C\C=C/CCCCCCCCC(=O)NC(COC1OC(CO)C(O)C(O)C1O)C(O)/C=C/CCCCCCCCC. The van der Waals surface area contributed by atoms with Crippen molar-refractivity contribution in [2.75, 3.05) is 19.8 Å². The van der Waals surface area contributed by atoms with E-state index in [0.29, 0.717) is 19.4 Å². The van der Waals surface area contributed by atoms with Gasteiger partial charge < -0.3 is 45.1 Å². The molecule has 1 aliphatic heterocycles. The third-order valence-electron chi connectivity index (χ3n) is 12.7. The molecule has 1 fully saturated rings. The Morgan fingerprint density at radius 3 is 1.52 bits per heavy atom. The van der Waals surface area contributed by atoms with Crippen LogP contribution < -0.4 is 5.32 Å². The van der Waals surface area contributed by atoms with E-state index in [2.05, 4.69) is 55.6 Å². The van der Waals surface area contributed by atoms with E-state index in [1.165, 1.54) is 103 Å². The van der Waals surface area contributed by atoms with Crippen LogP contribution >= 0.6 is 0 Å². The van der Waals surface area contributed by atoms with Gasteiger partial charge in [0.1, 0.15) is 24.4 Å². The Kier molecular flexibility index (Phi) is 43.0. The summed E-state index contributed by atoms with van der Waals surface area (Å²) in [6, 6.07) is -0.826. The Hall–Kier alpha value is -2.38. The first kappa shape index (κ1) is 62.6. The minimum Gasteiger partial charge on any atom is -0.466 e. The first-order valence-electron chi connectivity index (χ1n) is 27.4. The molecule has 0 aromatic rings. The number of rotatable bonds is 46. The summed E-state index contributed by atoms with van der Waals surface area (Å²) in [7, 11) is 0. The van der Waals surface area contributed by atoms with Crippen LogP contribution in [0, 0.1) is 0 Å². The van der Waals surface area contributed by atoms with E-state index in [9.17, 15) is 35.1 Å². The van der Waals surface area contributed by atoms with Crippen molar-refractivity contribution < 1.29 is 49.3 Å². The molecule has 1 heterocycles. The highest BCUT2D eigenvalue weighted by Crippen LogP contribution is 2.23. The molecule has 11 heteroatoms. The predicted molar refractivity (Wildman–Crippen MR) is 274 cm³/mol. The highest BCUT2D eigenvalue weighted by molar-refractivity contribution is 5.76. The third kappa shape index (κ3) is 36.3. The average Bonchev–Trinajstić information content (AvgIpc) is 3.32. The second-order valence-corrected chi connectivity index (χ2v) is 19.0. The summed E-state index contributed by atoms with van der Waals surface area (Å²) in [6.45, 7) is 4.22. The lowest BCUT2D eigenvalue weighted by Gasteiger charge is -2.40. The maximum Gasteiger partial charge on any atom is 0.305 e. The Balaban J connectivity index is 2.12. The van der Waals surface area contributed by atoms with Crippen molar-refractivity contribution in [2.24, 2.45) is 0 Å². The van der Waals surface area contributed by atoms with Crippen LogP contribution in [-0.2, 0) is 23.8 Å². The summed E-state index contributed by atoms with van der Waals surface area (Å²) in [6.07, 6.45) is 46.3. The summed E-state index contributed by atoms with van der Waals surface area (Å²) in [5, 5.41) is 54.1. The van der Waals surface area contributed by atoms with Crippen molar-refractivity contribution in [3.8, 4) is 0 Å². The molecule has 6 N–H and O–H groups in total. The normalized spacial score (nSPS) is 19.9. The molecule has 11 nitrogen and oxygen atoms in total. The molecule has 0 spiro atoms. The van der Waals surface area contributed by atoms with Crippen molar-refractivity contribution in [2.45, 2.75) is 275 Å². The van der Waals surface area contributed by atoms with Gasteiger partial charge in [-0.1, -0.05) is 178 Å². The molecule has 7 unspecified atom stereocenters. The molecule has 0 aromatic carbocycles. The molecule has 0 radical (unpaired) electrons. The topological polar surface area (TPSA) is 175 Å². The lowest BCUT2D eigenvalue weighted by Crippen LogP contribution is -2.60. The van der Waals surface area contributed by atoms with Gasteiger partial charge in [-0.15, -0.1) is 0 Å². The zero-order chi connectivity index (χ0) is 48.8. The lowest BCUT2D eigenvalue weighted by molar-refractivity contribution is -0.302. The number of esters is 1. The largest absolute Gasteiger partial charge is 0.466 e. The van der Waals surface area contributed by atoms with Crippen molar-refractivity contribution >= 4 is 11.9 Å². The molecule has 1 saturated heterocycles. The van der Waals surface area contributed by atoms with E-state index >= 15 is 0 Å². The molecule has 1 aliphatic rings. The van der Waals surface area contributed by atoms with Crippen molar-refractivity contribution in [3.63, 3.8) is 0 Å². The first-order valence-corrected chi connectivity index (χ1v) is 27.4. The average molecular weight is 948 g/mol. The number of carbonyl (C=O) groups is 2. The molecule has 0 aromatic heterocycles. The van der Waals surface area contributed by atoms with E-state index in [-0.39, 0.29) is 18.5 Å². The van der Waals surface area contributed by atoms with Gasteiger partial charge in [0.2, 0.25) is 5.91 Å². The molecule has 1 amide bonds. The Morgan fingerprint density at radius 2 is 1.00 bits per heavy atom. The molecular formula is C56H101NO10. The van der Waals surface area contributed by atoms with Crippen LogP contribution in [-0.4, -0.2) is 100 Å². The fourth-order valence-electron chi connectivity index (χ4n) is 8.24. The van der Waals surface area contributed by atoms with E-state index < -0.39 is 49.5 Å². The highest BCUT2D eigenvalue weighted by Gasteiger charge is 2.44. The minimum absolute atomic E-state index is 0.0499. The van der Waals surface area contributed by atoms with Gasteiger partial charge in [-0.25, -0.2) is 0 Å². The van der Waals surface area contributed by atoms with Crippen LogP contribution in [0.2, 0.25) is 0 Å². The van der Waals surface area contributed by atoms with E-state index in [4.69, 9.17) is 14.2 Å². The van der Waals surface area contributed by atoms with Gasteiger partial charge >= 0.3 is 5.97 Å². The number of ether oxygens (including phenoxy) is 3. The Bertz CT molecular complexity index is 1250. The van der Waals surface area contributed by atoms with Crippen LogP contribution in [0.25, 0.3) is 0 Å². The number of allylic oxidation sites excluding steroid dienone is 7. The molecule has 67 heavy (non-hydrogen) atoms. The zero-order valence-electron chi connectivity index (χ0n) is 42.6. The standard InChI is InChI=1S/C56H101NO10/c1-3-5-7-9-11-13-14-15-17-21-24-28-32-36-40-44-52(61)65-45-41-37-33-29-25-22-19-16-18-20-23-27-31-35-39-43-51(60)57-48(49(59)42-38-34-30-26-12-10-8-6-4-2)47-66-56-55(64)54(63)53(62)50(46-58)67-56/h15-17,19,22,25,38,42,48-50,53-56,58-59,62-64H,3-14,18,20-21,23-24,26-37,39-41,43-47H2,1-2H3,(H,57,60)/b17-15-,19-16-,25-22-,42-38+. The summed E-state index contributed by atoms with van der Waals surface area (Å²) >= 11 is 0. The number of nitrogens with one attached hydrogen (secondary N) is 1. The monoisotopic (exact) mass is 948 g/mol. The summed E-state index contributed by atoms with van der Waals surface area (Å²) in [5.74, 6) is -0.258. The second-order valence-electron chi connectivity index (χ2n) is 19.0. The number of aliphatic hydroxyl groups is 5. The summed E-state index contributed by atoms with van der Waals surface area (Å²) < 4.78 is 16.6. The van der Waals surface area contributed by atoms with Crippen molar-refractivity contribution in [1.82, 2.24) is 5.32 Å². The molecule has 0 saturated carbocycles. The van der Waals surface area contributed by atoms with Gasteiger partial charge in [-0.05, 0) is 89.9 Å².